The van der Waals surface area contributed by atoms with E-state index in [2.05, 4.69) is 11.8 Å². The zero-order valence-corrected chi connectivity index (χ0v) is 7.22. The summed E-state index contributed by atoms with van der Waals surface area (Å²) in [5.74, 6) is 4.19. The van der Waals surface area contributed by atoms with E-state index in [1.165, 1.54) is 6.92 Å². The van der Waals surface area contributed by atoms with Crippen LogP contribution in [-0.2, 0) is 4.79 Å². The van der Waals surface area contributed by atoms with Crippen molar-refractivity contribution >= 4 is 5.97 Å². The van der Waals surface area contributed by atoms with Crippen LogP contribution in [0.4, 0.5) is 0 Å². The van der Waals surface area contributed by atoms with Gasteiger partial charge in [-0.15, -0.1) is 5.92 Å². The van der Waals surface area contributed by atoms with Gasteiger partial charge in [0.05, 0.1) is 6.07 Å². The third-order valence-electron chi connectivity index (χ3n) is 1.61. The van der Waals surface area contributed by atoms with Gasteiger partial charge >= 0.3 is 5.97 Å². The van der Waals surface area contributed by atoms with Crippen LogP contribution in [0.15, 0.2) is 0 Å². The number of hydrogen-bond donors (Lipinski definition) is 1. The fraction of sp³-hybridized carbons (Fsp3) is 0.556. The number of nitrogens with zero attached hydrogens (tertiary/aromatic N) is 1. The first-order chi connectivity index (χ1) is 5.56. The fourth-order valence-corrected chi connectivity index (χ4v) is 0.805. The standard InChI is InChI=1S/C9H11NO2/c1-3-5-9(2,8(11)12)6-4-7-10/h4,6H2,1-2H3,(H,11,12). The summed E-state index contributed by atoms with van der Waals surface area (Å²) in [4.78, 5) is 10.7. The Labute approximate surface area is 72.0 Å². The highest BCUT2D eigenvalue weighted by molar-refractivity contribution is 5.78. The highest BCUT2D eigenvalue weighted by Gasteiger charge is 2.30. The molecule has 1 atom stereocenters. The Hall–Kier alpha value is -1.48. The number of carbonyl (C=O) groups is 1. The predicted octanol–water partition coefficient (Wildman–Crippen LogP) is 1.40. The lowest BCUT2D eigenvalue weighted by molar-refractivity contribution is -0.144. The van der Waals surface area contributed by atoms with Crippen LogP contribution in [0, 0.1) is 28.6 Å². The fourth-order valence-electron chi connectivity index (χ4n) is 0.805. The van der Waals surface area contributed by atoms with E-state index in [1.807, 2.05) is 6.07 Å². The van der Waals surface area contributed by atoms with Gasteiger partial charge in [0.1, 0.15) is 5.41 Å². The summed E-state index contributed by atoms with van der Waals surface area (Å²) < 4.78 is 0. The zero-order chi connectivity index (χ0) is 9.61. The van der Waals surface area contributed by atoms with Crippen molar-refractivity contribution in [2.75, 3.05) is 0 Å². The van der Waals surface area contributed by atoms with Gasteiger partial charge < -0.3 is 5.11 Å². The molecule has 0 spiro atoms. The monoisotopic (exact) mass is 165 g/mol. The van der Waals surface area contributed by atoms with Crippen LogP contribution in [0.25, 0.3) is 0 Å². The second-order valence-corrected chi connectivity index (χ2v) is 2.67. The lowest BCUT2D eigenvalue weighted by Gasteiger charge is -2.15. The molecule has 0 fully saturated rings. The smallest absolute Gasteiger partial charge is 0.321 e. The third-order valence-corrected chi connectivity index (χ3v) is 1.61. The third kappa shape index (κ3) is 2.64. The quantitative estimate of drug-likeness (QED) is 0.643. The molecule has 0 aliphatic rings. The highest BCUT2D eigenvalue weighted by Crippen LogP contribution is 2.22. The van der Waals surface area contributed by atoms with Crippen molar-refractivity contribution in [2.45, 2.75) is 26.7 Å². The molecule has 0 heterocycles. The first-order valence-electron chi connectivity index (χ1n) is 3.61. The molecule has 0 aliphatic carbocycles. The molecule has 12 heavy (non-hydrogen) atoms. The second kappa shape index (κ2) is 4.41. The summed E-state index contributed by atoms with van der Waals surface area (Å²) in [6, 6.07) is 1.91. The van der Waals surface area contributed by atoms with Gasteiger partial charge in [-0.25, -0.2) is 0 Å². The summed E-state index contributed by atoms with van der Waals surface area (Å²) in [6.45, 7) is 3.12. The number of aliphatic carboxylic acids is 1. The minimum absolute atomic E-state index is 0.220. The normalized spacial score (nSPS) is 13.4. The highest BCUT2D eigenvalue weighted by atomic mass is 16.4. The topological polar surface area (TPSA) is 61.1 Å². The number of carboxylic acid groups (broad SMARTS) is 1. The predicted molar refractivity (Wildman–Crippen MR) is 44.0 cm³/mol. The molecule has 0 aliphatic heterocycles. The van der Waals surface area contributed by atoms with E-state index >= 15 is 0 Å². The van der Waals surface area contributed by atoms with Crippen molar-refractivity contribution in [3.05, 3.63) is 0 Å². The summed E-state index contributed by atoms with van der Waals surface area (Å²) in [7, 11) is 0. The van der Waals surface area contributed by atoms with E-state index < -0.39 is 11.4 Å². The average molecular weight is 165 g/mol. The Balaban J connectivity index is 4.49. The van der Waals surface area contributed by atoms with Crippen LogP contribution in [-0.4, -0.2) is 11.1 Å². The van der Waals surface area contributed by atoms with Crippen LogP contribution in [0.2, 0.25) is 0 Å². The molecule has 0 aromatic heterocycles. The Bertz CT molecular complexity index is 266. The minimum Gasteiger partial charge on any atom is -0.480 e. The van der Waals surface area contributed by atoms with Crippen LogP contribution in [0.5, 0.6) is 0 Å². The van der Waals surface area contributed by atoms with Gasteiger partial charge in [-0.2, -0.15) is 5.26 Å². The minimum atomic E-state index is -1.06. The van der Waals surface area contributed by atoms with Crippen LogP contribution < -0.4 is 0 Å². The largest absolute Gasteiger partial charge is 0.480 e. The lowest BCUT2D eigenvalue weighted by Crippen LogP contribution is -2.25. The van der Waals surface area contributed by atoms with Crippen LogP contribution in [0.3, 0.4) is 0 Å². The summed E-state index contributed by atoms with van der Waals surface area (Å²) in [5, 5.41) is 17.1. The molecular weight excluding hydrogens is 154 g/mol. The SMILES string of the molecule is CC#CC(C)(CCC#N)C(=O)O. The molecule has 0 amide bonds. The first-order valence-corrected chi connectivity index (χ1v) is 3.61. The molecule has 0 rings (SSSR count). The summed E-state index contributed by atoms with van der Waals surface area (Å²) in [5.41, 5.74) is -1.06. The Kier molecular flexibility index (Phi) is 3.86. The van der Waals surface area contributed by atoms with Gasteiger partial charge in [-0.1, -0.05) is 5.92 Å². The molecule has 1 N–H and O–H groups in total. The van der Waals surface area contributed by atoms with Gasteiger partial charge in [0.15, 0.2) is 0 Å². The maximum absolute atomic E-state index is 10.7. The molecule has 1 unspecified atom stereocenters. The van der Waals surface area contributed by atoms with Crippen LogP contribution >= 0.6 is 0 Å². The number of rotatable bonds is 3. The van der Waals surface area contributed by atoms with Gasteiger partial charge in [-0.3, -0.25) is 4.79 Å². The molecule has 0 aromatic rings. The van der Waals surface area contributed by atoms with Crippen LogP contribution in [0.1, 0.15) is 26.7 Å². The number of carboxylic acids is 1. The van der Waals surface area contributed by atoms with E-state index in [1.54, 1.807) is 6.92 Å². The van der Waals surface area contributed by atoms with Crippen molar-refractivity contribution < 1.29 is 9.90 Å². The first kappa shape index (κ1) is 10.5. The molecule has 3 heteroatoms. The molecule has 3 nitrogen and oxygen atoms in total. The lowest BCUT2D eigenvalue weighted by atomic mass is 9.86. The van der Waals surface area contributed by atoms with Gasteiger partial charge in [0.25, 0.3) is 0 Å². The van der Waals surface area contributed by atoms with Crippen molar-refractivity contribution in [3.8, 4) is 17.9 Å². The van der Waals surface area contributed by atoms with Crippen molar-refractivity contribution in [1.82, 2.24) is 0 Å². The van der Waals surface area contributed by atoms with Crippen molar-refractivity contribution in [1.29, 1.82) is 5.26 Å². The number of hydrogen-bond acceptors (Lipinski definition) is 2. The molecule has 0 bridgehead atoms. The second-order valence-electron chi connectivity index (χ2n) is 2.67. The molecule has 0 saturated carbocycles. The maximum atomic E-state index is 10.7. The van der Waals surface area contributed by atoms with Crippen molar-refractivity contribution in [2.24, 2.45) is 5.41 Å². The molecule has 0 aromatic carbocycles. The Morgan fingerprint density at radius 1 is 1.67 bits per heavy atom. The van der Waals surface area contributed by atoms with Gasteiger partial charge in [0.2, 0.25) is 0 Å². The molecule has 0 radical (unpaired) electrons. The van der Waals surface area contributed by atoms with E-state index in [9.17, 15) is 4.79 Å². The maximum Gasteiger partial charge on any atom is 0.321 e. The Morgan fingerprint density at radius 2 is 2.25 bits per heavy atom. The summed E-state index contributed by atoms with van der Waals surface area (Å²) >= 11 is 0. The Morgan fingerprint density at radius 3 is 2.58 bits per heavy atom. The molecule has 0 saturated heterocycles. The van der Waals surface area contributed by atoms with Crippen molar-refractivity contribution in [3.63, 3.8) is 0 Å². The zero-order valence-electron chi connectivity index (χ0n) is 7.22. The van der Waals surface area contributed by atoms with E-state index in [4.69, 9.17) is 10.4 Å². The molecular formula is C9H11NO2. The number of nitriles is 1. The van der Waals surface area contributed by atoms with Gasteiger partial charge in [0, 0.05) is 6.42 Å². The molecule has 64 valence electrons. The average Bonchev–Trinajstić information content (AvgIpc) is 2.01. The van der Waals surface area contributed by atoms with E-state index in [0.29, 0.717) is 0 Å². The van der Waals surface area contributed by atoms with Gasteiger partial charge in [-0.05, 0) is 20.3 Å². The van der Waals surface area contributed by atoms with E-state index in [-0.39, 0.29) is 12.8 Å². The van der Waals surface area contributed by atoms with E-state index in [0.717, 1.165) is 0 Å². The summed E-state index contributed by atoms with van der Waals surface area (Å²) in [6.07, 6.45) is 0.497.